The molecule has 28 heavy (non-hydrogen) atoms. The van der Waals surface area contributed by atoms with E-state index < -0.39 is 0 Å². The van der Waals surface area contributed by atoms with Crippen molar-refractivity contribution >= 4 is 69.0 Å². The molecule has 1 saturated heterocycles. The zero-order valence-corrected chi connectivity index (χ0v) is 20.1. The van der Waals surface area contributed by atoms with Gasteiger partial charge in [-0.15, -0.1) is 0 Å². The van der Waals surface area contributed by atoms with E-state index in [-0.39, 0.29) is 12.5 Å². The molecule has 0 saturated carbocycles. The third kappa shape index (κ3) is 5.80. The Morgan fingerprint density at radius 1 is 1.11 bits per heavy atom. The van der Waals surface area contributed by atoms with Gasteiger partial charge >= 0.3 is 0 Å². The van der Waals surface area contributed by atoms with Gasteiger partial charge in [-0.2, -0.15) is 0 Å². The van der Waals surface area contributed by atoms with Crippen LogP contribution in [0.25, 0.3) is 0 Å². The topological polar surface area (TPSA) is 49.9 Å². The monoisotopic (exact) mass is 624 g/mol. The molecule has 2 aromatic carbocycles. The zero-order valence-electron chi connectivity index (χ0n) is 15.0. The van der Waals surface area contributed by atoms with Crippen LogP contribution in [0.1, 0.15) is 15.9 Å². The molecule has 0 aliphatic carbocycles. The SMILES string of the molecule is O=Cc1cc(I)cc(I)c1OCC(=O)N1CCN(Cc2ccc(Cl)cc2)CC1. The van der Waals surface area contributed by atoms with Gasteiger partial charge in [-0.05, 0) is 75.0 Å². The lowest BCUT2D eigenvalue weighted by Gasteiger charge is -2.34. The van der Waals surface area contributed by atoms with Gasteiger partial charge in [0.15, 0.2) is 12.9 Å². The van der Waals surface area contributed by atoms with Gasteiger partial charge in [0.05, 0.1) is 9.13 Å². The van der Waals surface area contributed by atoms with Gasteiger partial charge in [0.1, 0.15) is 5.75 Å². The van der Waals surface area contributed by atoms with Crippen LogP contribution in [-0.2, 0) is 11.3 Å². The molecule has 1 aliphatic heterocycles. The molecule has 8 heteroatoms. The minimum atomic E-state index is -0.0609. The van der Waals surface area contributed by atoms with Crippen molar-refractivity contribution in [3.8, 4) is 5.75 Å². The van der Waals surface area contributed by atoms with E-state index in [1.165, 1.54) is 5.56 Å². The summed E-state index contributed by atoms with van der Waals surface area (Å²) in [5, 5.41) is 0.736. The first-order valence-electron chi connectivity index (χ1n) is 8.78. The molecule has 0 N–H and O–H groups in total. The largest absolute Gasteiger partial charge is 0.482 e. The number of halogens is 3. The van der Waals surface area contributed by atoms with Gasteiger partial charge in [0, 0.05) is 41.3 Å². The van der Waals surface area contributed by atoms with Crippen LogP contribution in [0.2, 0.25) is 5.02 Å². The number of nitrogens with zero attached hydrogens (tertiary/aromatic N) is 2. The maximum Gasteiger partial charge on any atom is 0.260 e. The van der Waals surface area contributed by atoms with Crippen molar-refractivity contribution < 1.29 is 14.3 Å². The van der Waals surface area contributed by atoms with Crippen molar-refractivity contribution in [2.75, 3.05) is 32.8 Å². The molecule has 1 heterocycles. The Balaban J connectivity index is 1.50. The summed E-state index contributed by atoms with van der Waals surface area (Å²) in [7, 11) is 0. The summed E-state index contributed by atoms with van der Waals surface area (Å²) in [5.41, 5.74) is 1.68. The standard InChI is InChI=1S/C20H19ClI2N2O3/c21-16-3-1-14(2-4-16)11-24-5-7-25(8-6-24)19(27)13-28-20-15(12-26)9-17(22)10-18(20)23/h1-4,9-10,12H,5-8,11,13H2. The number of carbonyl (C=O) groups excluding carboxylic acids is 2. The van der Waals surface area contributed by atoms with E-state index in [9.17, 15) is 9.59 Å². The zero-order chi connectivity index (χ0) is 20.1. The van der Waals surface area contributed by atoms with E-state index in [0.29, 0.717) is 24.4 Å². The number of ether oxygens (including phenoxy) is 1. The number of amides is 1. The van der Waals surface area contributed by atoms with E-state index in [2.05, 4.69) is 50.1 Å². The van der Waals surface area contributed by atoms with Crippen LogP contribution in [0.4, 0.5) is 0 Å². The molecular weight excluding hydrogens is 605 g/mol. The van der Waals surface area contributed by atoms with Crippen molar-refractivity contribution in [1.82, 2.24) is 9.80 Å². The van der Waals surface area contributed by atoms with Crippen LogP contribution in [0.5, 0.6) is 5.75 Å². The van der Waals surface area contributed by atoms with Crippen molar-refractivity contribution in [3.63, 3.8) is 0 Å². The van der Waals surface area contributed by atoms with Crippen molar-refractivity contribution in [3.05, 3.63) is 59.7 Å². The molecule has 0 spiro atoms. The highest BCUT2D eigenvalue weighted by Crippen LogP contribution is 2.27. The third-order valence-electron chi connectivity index (χ3n) is 4.55. The summed E-state index contributed by atoms with van der Waals surface area (Å²) in [6.45, 7) is 3.75. The number of rotatable bonds is 6. The number of carbonyl (C=O) groups is 2. The minimum Gasteiger partial charge on any atom is -0.482 e. The Morgan fingerprint density at radius 2 is 1.79 bits per heavy atom. The van der Waals surface area contributed by atoms with Crippen molar-refractivity contribution in [2.24, 2.45) is 0 Å². The molecule has 0 radical (unpaired) electrons. The summed E-state index contributed by atoms with van der Waals surface area (Å²) in [5.74, 6) is 0.420. The second kappa shape index (κ2) is 10.2. The molecule has 1 fully saturated rings. The fourth-order valence-electron chi connectivity index (χ4n) is 3.05. The van der Waals surface area contributed by atoms with Crippen LogP contribution >= 0.6 is 56.8 Å². The van der Waals surface area contributed by atoms with E-state index >= 15 is 0 Å². The molecule has 2 aromatic rings. The maximum absolute atomic E-state index is 12.5. The first kappa shape index (κ1) is 21.8. The molecule has 0 bridgehead atoms. The molecule has 0 unspecified atom stereocenters. The fourth-order valence-corrected chi connectivity index (χ4v) is 5.22. The molecule has 1 aliphatic rings. The summed E-state index contributed by atoms with van der Waals surface area (Å²) >= 11 is 10.2. The number of piperazine rings is 1. The average molecular weight is 625 g/mol. The number of hydrogen-bond donors (Lipinski definition) is 0. The highest BCUT2D eigenvalue weighted by Gasteiger charge is 2.22. The molecule has 0 atom stereocenters. The lowest BCUT2D eigenvalue weighted by atomic mass is 10.2. The van der Waals surface area contributed by atoms with E-state index in [1.54, 1.807) is 6.07 Å². The molecule has 0 aromatic heterocycles. The predicted molar refractivity (Wildman–Crippen MR) is 126 cm³/mol. The third-order valence-corrected chi connectivity index (χ3v) is 6.22. The molecule has 3 rings (SSSR count). The van der Waals surface area contributed by atoms with Gasteiger partial charge in [0.25, 0.3) is 5.91 Å². The lowest BCUT2D eigenvalue weighted by Crippen LogP contribution is -2.49. The Hall–Kier alpha value is -0.910. The van der Waals surface area contributed by atoms with Gasteiger partial charge in [-0.3, -0.25) is 14.5 Å². The number of benzene rings is 2. The molecule has 5 nitrogen and oxygen atoms in total. The second-order valence-electron chi connectivity index (χ2n) is 6.50. The van der Waals surface area contributed by atoms with E-state index in [0.717, 1.165) is 38.1 Å². The van der Waals surface area contributed by atoms with Gasteiger partial charge in [-0.25, -0.2) is 0 Å². The maximum atomic E-state index is 12.5. The fraction of sp³-hybridized carbons (Fsp3) is 0.300. The van der Waals surface area contributed by atoms with E-state index in [4.69, 9.17) is 16.3 Å². The molecule has 148 valence electrons. The van der Waals surface area contributed by atoms with Crippen LogP contribution in [0.3, 0.4) is 0 Å². The normalized spacial score (nSPS) is 14.8. The first-order valence-corrected chi connectivity index (χ1v) is 11.3. The number of hydrogen-bond acceptors (Lipinski definition) is 4. The Labute approximate surface area is 196 Å². The van der Waals surface area contributed by atoms with Crippen LogP contribution in [0.15, 0.2) is 36.4 Å². The first-order chi connectivity index (χ1) is 13.5. The molecular formula is C20H19ClI2N2O3. The second-order valence-corrected chi connectivity index (χ2v) is 9.34. The predicted octanol–water partition coefficient (Wildman–Crippen LogP) is 4.08. The quantitative estimate of drug-likeness (QED) is 0.359. The number of aldehydes is 1. The Kier molecular flexibility index (Phi) is 7.95. The van der Waals surface area contributed by atoms with E-state index in [1.807, 2.05) is 35.2 Å². The van der Waals surface area contributed by atoms with Crippen molar-refractivity contribution in [2.45, 2.75) is 6.54 Å². The highest BCUT2D eigenvalue weighted by atomic mass is 127. The lowest BCUT2D eigenvalue weighted by molar-refractivity contribution is -0.135. The van der Waals surface area contributed by atoms with Gasteiger partial charge < -0.3 is 9.64 Å². The van der Waals surface area contributed by atoms with Crippen LogP contribution < -0.4 is 4.74 Å². The molecule has 1 amide bonds. The minimum absolute atomic E-state index is 0.0580. The summed E-state index contributed by atoms with van der Waals surface area (Å²) in [6.07, 6.45) is 0.764. The van der Waals surface area contributed by atoms with Gasteiger partial charge in [-0.1, -0.05) is 23.7 Å². The Morgan fingerprint density at radius 3 is 2.43 bits per heavy atom. The Bertz CT molecular complexity index is 853. The average Bonchev–Trinajstić information content (AvgIpc) is 2.69. The summed E-state index contributed by atoms with van der Waals surface area (Å²) < 4.78 is 7.49. The van der Waals surface area contributed by atoms with Crippen molar-refractivity contribution in [1.29, 1.82) is 0 Å². The van der Waals surface area contributed by atoms with Crippen LogP contribution in [-0.4, -0.2) is 54.8 Å². The van der Waals surface area contributed by atoms with Gasteiger partial charge in [0.2, 0.25) is 0 Å². The van der Waals surface area contributed by atoms with Crippen LogP contribution in [0, 0.1) is 7.14 Å². The summed E-state index contributed by atoms with van der Waals surface area (Å²) in [6, 6.07) is 11.5. The summed E-state index contributed by atoms with van der Waals surface area (Å²) in [4.78, 5) is 28.0. The highest BCUT2D eigenvalue weighted by molar-refractivity contribution is 14.1. The smallest absolute Gasteiger partial charge is 0.260 e.